The van der Waals surface area contributed by atoms with Gasteiger partial charge in [-0.15, -0.1) is 0 Å². The zero-order valence-corrected chi connectivity index (χ0v) is 11.0. The van der Waals surface area contributed by atoms with E-state index in [1.165, 1.54) is 0 Å². The molecule has 1 atom stereocenters. The van der Waals surface area contributed by atoms with E-state index in [1.807, 2.05) is 13.8 Å². The number of rotatable bonds is 5. The fourth-order valence-corrected chi connectivity index (χ4v) is 2.64. The Balaban J connectivity index is 1.64. The van der Waals surface area contributed by atoms with E-state index in [2.05, 4.69) is 5.32 Å². The van der Waals surface area contributed by atoms with Gasteiger partial charge in [-0.1, -0.05) is 0 Å². The molecule has 0 saturated carbocycles. The fourth-order valence-electron chi connectivity index (χ4n) is 2.64. The number of nitrogens with one attached hydrogen (secondary N) is 1. The topological polar surface area (TPSA) is 39.7 Å². The average Bonchev–Trinajstić information content (AvgIpc) is 2.69. The summed E-state index contributed by atoms with van der Waals surface area (Å²) >= 11 is 0. The van der Waals surface area contributed by atoms with E-state index < -0.39 is 0 Å². The molecule has 0 aromatic carbocycles. The van der Waals surface area contributed by atoms with E-state index in [0.29, 0.717) is 13.2 Å². The normalized spacial score (nSPS) is 28.1. The van der Waals surface area contributed by atoms with Gasteiger partial charge in [0.25, 0.3) is 0 Å². The summed E-state index contributed by atoms with van der Waals surface area (Å²) in [5, 5.41) is 3.37. The Labute approximate surface area is 104 Å². The Morgan fingerprint density at radius 1 is 1.29 bits per heavy atom. The van der Waals surface area contributed by atoms with Gasteiger partial charge in [0, 0.05) is 6.42 Å². The molecule has 100 valence electrons. The van der Waals surface area contributed by atoms with Crippen molar-refractivity contribution in [2.75, 3.05) is 32.9 Å². The summed E-state index contributed by atoms with van der Waals surface area (Å²) in [5.41, 5.74) is 0.106. The molecule has 0 amide bonds. The Morgan fingerprint density at radius 3 is 2.76 bits per heavy atom. The first-order valence-corrected chi connectivity index (χ1v) is 6.78. The summed E-state index contributed by atoms with van der Waals surface area (Å²) in [4.78, 5) is 0. The van der Waals surface area contributed by atoms with Crippen molar-refractivity contribution in [1.29, 1.82) is 0 Å². The van der Waals surface area contributed by atoms with Crippen LogP contribution in [0.1, 0.15) is 33.1 Å². The summed E-state index contributed by atoms with van der Waals surface area (Å²) in [7, 11) is 0. The van der Waals surface area contributed by atoms with Crippen LogP contribution < -0.4 is 5.32 Å². The highest BCUT2D eigenvalue weighted by Crippen LogP contribution is 2.34. The van der Waals surface area contributed by atoms with Gasteiger partial charge in [-0.2, -0.15) is 0 Å². The molecule has 1 unspecified atom stereocenters. The number of piperidine rings is 1. The predicted octanol–water partition coefficient (Wildman–Crippen LogP) is 1.34. The van der Waals surface area contributed by atoms with Gasteiger partial charge in [0.1, 0.15) is 0 Å². The molecule has 2 saturated heterocycles. The maximum Gasteiger partial charge on any atom is 0.0837 e. The van der Waals surface area contributed by atoms with Crippen molar-refractivity contribution in [2.45, 2.75) is 50.9 Å². The Morgan fingerprint density at radius 2 is 2.06 bits per heavy atom. The second-order valence-corrected chi connectivity index (χ2v) is 5.36. The summed E-state index contributed by atoms with van der Waals surface area (Å²) < 4.78 is 17.2. The molecule has 0 aromatic heterocycles. The largest absolute Gasteiger partial charge is 0.376 e. The summed E-state index contributed by atoms with van der Waals surface area (Å²) in [6.07, 6.45) is 3.85. The molecule has 2 fully saturated rings. The average molecular weight is 243 g/mol. The van der Waals surface area contributed by atoms with Crippen LogP contribution >= 0.6 is 0 Å². The molecule has 0 bridgehead atoms. The monoisotopic (exact) mass is 243 g/mol. The molecule has 2 aliphatic heterocycles. The van der Waals surface area contributed by atoms with E-state index >= 15 is 0 Å². The van der Waals surface area contributed by atoms with Crippen molar-refractivity contribution in [1.82, 2.24) is 5.32 Å². The van der Waals surface area contributed by atoms with Crippen LogP contribution in [-0.2, 0) is 14.2 Å². The van der Waals surface area contributed by atoms with Crippen LogP contribution in [0.5, 0.6) is 0 Å². The Bertz CT molecular complexity index is 227. The molecule has 0 aliphatic carbocycles. The van der Waals surface area contributed by atoms with Crippen LogP contribution in [0.15, 0.2) is 0 Å². The van der Waals surface area contributed by atoms with E-state index in [9.17, 15) is 0 Å². The van der Waals surface area contributed by atoms with E-state index in [-0.39, 0.29) is 17.8 Å². The lowest BCUT2D eigenvalue weighted by Crippen LogP contribution is -2.41. The molecule has 1 spiro atoms. The first-order valence-electron chi connectivity index (χ1n) is 6.78. The summed E-state index contributed by atoms with van der Waals surface area (Å²) in [5.74, 6) is 0. The van der Waals surface area contributed by atoms with Crippen LogP contribution in [0.3, 0.4) is 0 Å². The van der Waals surface area contributed by atoms with E-state index in [0.717, 1.165) is 39.0 Å². The minimum atomic E-state index is 0.106. The van der Waals surface area contributed by atoms with Crippen molar-refractivity contribution in [2.24, 2.45) is 0 Å². The van der Waals surface area contributed by atoms with Crippen molar-refractivity contribution in [3.05, 3.63) is 0 Å². The highest BCUT2D eigenvalue weighted by molar-refractivity contribution is 4.93. The molecule has 0 radical (unpaired) electrons. The Kier molecular flexibility index (Phi) is 4.79. The summed E-state index contributed by atoms with van der Waals surface area (Å²) in [6, 6.07) is 0. The SMILES string of the molecule is CC(C)OCCOC1COC2(CCNCC2)C1. The van der Waals surface area contributed by atoms with Crippen LogP contribution in [0.4, 0.5) is 0 Å². The minimum absolute atomic E-state index is 0.106. The maximum atomic E-state index is 5.97. The van der Waals surface area contributed by atoms with Crippen LogP contribution in [0.25, 0.3) is 0 Å². The predicted molar refractivity (Wildman–Crippen MR) is 66.2 cm³/mol. The molecule has 1 N–H and O–H groups in total. The molecule has 4 nitrogen and oxygen atoms in total. The number of ether oxygens (including phenoxy) is 3. The molecular weight excluding hydrogens is 218 g/mol. The Hall–Kier alpha value is -0.160. The van der Waals surface area contributed by atoms with Gasteiger partial charge in [0.05, 0.1) is 37.6 Å². The van der Waals surface area contributed by atoms with Crippen molar-refractivity contribution < 1.29 is 14.2 Å². The van der Waals surface area contributed by atoms with Crippen LogP contribution in [0.2, 0.25) is 0 Å². The first kappa shape index (κ1) is 13.3. The number of hydrogen-bond acceptors (Lipinski definition) is 4. The molecule has 2 heterocycles. The molecule has 2 rings (SSSR count). The lowest BCUT2D eigenvalue weighted by atomic mass is 9.89. The third-order valence-electron chi connectivity index (χ3n) is 3.58. The second-order valence-electron chi connectivity index (χ2n) is 5.36. The summed E-state index contributed by atoms with van der Waals surface area (Å²) in [6.45, 7) is 8.35. The second kappa shape index (κ2) is 6.14. The maximum absolute atomic E-state index is 5.97. The van der Waals surface area contributed by atoms with Gasteiger partial charge < -0.3 is 19.5 Å². The van der Waals surface area contributed by atoms with Crippen molar-refractivity contribution in [3.8, 4) is 0 Å². The lowest BCUT2D eigenvalue weighted by Gasteiger charge is -2.32. The third-order valence-corrected chi connectivity index (χ3v) is 3.58. The van der Waals surface area contributed by atoms with Gasteiger partial charge >= 0.3 is 0 Å². The van der Waals surface area contributed by atoms with Crippen LogP contribution in [0, 0.1) is 0 Å². The van der Waals surface area contributed by atoms with Gasteiger partial charge in [-0.3, -0.25) is 0 Å². The zero-order chi connectivity index (χ0) is 12.1. The minimum Gasteiger partial charge on any atom is -0.376 e. The highest BCUT2D eigenvalue weighted by atomic mass is 16.6. The fraction of sp³-hybridized carbons (Fsp3) is 1.00. The van der Waals surface area contributed by atoms with Crippen molar-refractivity contribution in [3.63, 3.8) is 0 Å². The quantitative estimate of drug-likeness (QED) is 0.740. The highest BCUT2D eigenvalue weighted by Gasteiger charge is 2.41. The molecule has 17 heavy (non-hydrogen) atoms. The van der Waals surface area contributed by atoms with Crippen LogP contribution in [-0.4, -0.2) is 50.7 Å². The van der Waals surface area contributed by atoms with Gasteiger partial charge in [0.2, 0.25) is 0 Å². The lowest BCUT2D eigenvalue weighted by molar-refractivity contribution is -0.0295. The molecule has 0 aromatic rings. The zero-order valence-electron chi connectivity index (χ0n) is 11.0. The smallest absolute Gasteiger partial charge is 0.0837 e. The van der Waals surface area contributed by atoms with Gasteiger partial charge in [-0.05, 0) is 39.8 Å². The third kappa shape index (κ3) is 3.91. The van der Waals surface area contributed by atoms with E-state index in [1.54, 1.807) is 0 Å². The molecule has 2 aliphatic rings. The molecular formula is C13H25NO3. The van der Waals surface area contributed by atoms with E-state index in [4.69, 9.17) is 14.2 Å². The van der Waals surface area contributed by atoms with Gasteiger partial charge in [0.15, 0.2) is 0 Å². The van der Waals surface area contributed by atoms with Gasteiger partial charge in [-0.25, -0.2) is 0 Å². The molecule has 4 heteroatoms. The first-order chi connectivity index (χ1) is 8.20. The van der Waals surface area contributed by atoms with Crippen molar-refractivity contribution >= 4 is 0 Å². The number of hydrogen-bond donors (Lipinski definition) is 1. The standard InChI is InChI=1S/C13H25NO3/c1-11(2)15-7-8-16-12-9-13(17-10-12)3-5-14-6-4-13/h11-12,14H,3-10H2,1-2H3.